The Bertz CT molecular complexity index is 700. The summed E-state index contributed by atoms with van der Waals surface area (Å²) in [6.45, 7) is 2.80. The van der Waals surface area contributed by atoms with E-state index in [0.717, 1.165) is 43.5 Å². The Morgan fingerprint density at radius 3 is 3.00 bits per heavy atom. The molecule has 0 aromatic carbocycles. The molecular formula is C14H17N5O3. The number of hydrogen-bond acceptors (Lipinski definition) is 7. The van der Waals surface area contributed by atoms with E-state index < -0.39 is 4.92 Å². The Kier molecular flexibility index (Phi) is 3.66. The number of nitrogens with two attached hydrogens (primary N) is 1. The number of hydrogen-bond donors (Lipinski definition) is 1. The van der Waals surface area contributed by atoms with Crippen molar-refractivity contribution in [3.63, 3.8) is 0 Å². The second-order valence-electron chi connectivity index (χ2n) is 5.21. The van der Waals surface area contributed by atoms with E-state index >= 15 is 0 Å². The van der Waals surface area contributed by atoms with Crippen molar-refractivity contribution in [3.05, 3.63) is 40.0 Å². The molecule has 1 aliphatic rings. The first-order valence-electron chi connectivity index (χ1n) is 7.22. The monoisotopic (exact) mass is 303 g/mol. The van der Waals surface area contributed by atoms with Crippen molar-refractivity contribution in [2.45, 2.75) is 32.2 Å². The molecule has 1 unspecified atom stereocenters. The van der Waals surface area contributed by atoms with E-state index in [1.54, 1.807) is 0 Å². The fourth-order valence-corrected chi connectivity index (χ4v) is 2.72. The fourth-order valence-electron chi connectivity index (χ4n) is 2.72. The van der Waals surface area contributed by atoms with Crippen LogP contribution in [0.2, 0.25) is 0 Å². The Labute approximate surface area is 127 Å². The summed E-state index contributed by atoms with van der Waals surface area (Å²) in [6, 6.07) is 3.98. The largest absolute Gasteiger partial charge is 0.464 e. The first-order valence-corrected chi connectivity index (χ1v) is 7.22. The summed E-state index contributed by atoms with van der Waals surface area (Å²) >= 11 is 0. The summed E-state index contributed by atoms with van der Waals surface area (Å²) in [5, 5.41) is 10.8. The number of furan rings is 1. The van der Waals surface area contributed by atoms with Gasteiger partial charge in [0.1, 0.15) is 17.7 Å². The van der Waals surface area contributed by atoms with Crippen LogP contribution in [0.25, 0.3) is 0 Å². The van der Waals surface area contributed by atoms with E-state index in [9.17, 15) is 10.1 Å². The molecule has 0 bridgehead atoms. The van der Waals surface area contributed by atoms with Crippen LogP contribution in [0.4, 0.5) is 17.5 Å². The van der Waals surface area contributed by atoms with Crippen molar-refractivity contribution < 1.29 is 9.34 Å². The molecule has 3 heterocycles. The molecule has 0 saturated carbocycles. The number of anilines is 2. The van der Waals surface area contributed by atoms with Crippen LogP contribution in [0.3, 0.4) is 0 Å². The second-order valence-corrected chi connectivity index (χ2v) is 5.21. The third kappa shape index (κ3) is 2.47. The Morgan fingerprint density at radius 1 is 1.55 bits per heavy atom. The molecule has 2 N–H and O–H groups in total. The van der Waals surface area contributed by atoms with Crippen LogP contribution in [0.5, 0.6) is 0 Å². The maximum absolute atomic E-state index is 10.8. The highest BCUT2D eigenvalue weighted by Crippen LogP contribution is 2.36. The molecular weight excluding hydrogens is 286 g/mol. The molecule has 0 aliphatic carbocycles. The highest BCUT2D eigenvalue weighted by molar-refractivity contribution is 5.54. The minimum atomic E-state index is -0.583. The zero-order valence-electron chi connectivity index (χ0n) is 12.2. The molecule has 8 nitrogen and oxygen atoms in total. The number of rotatable bonds is 4. The first-order chi connectivity index (χ1) is 10.6. The van der Waals surface area contributed by atoms with Gasteiger partial charge in [-0.1, -0.05) is 6.92 Å². The maximum atomic E-state index is 10.8. The van der Waals surface area contributed by atoms with Crippen LogP contribution in [-0.4, -0.2) is 21.4 Å². The van der Waals surface area contributed by atoms with Crippen molar-refractivity contribution in [2.24, 2.45) is 0 Å². The van der Waals surface area contributed by atoms with Gasteiger partial charge in [-0.25, -0.2) is 4.98 Å². The standard InChI is InChI=1S/C14H17N5O3/c1-2-9-5-6-12(22-9)10-4-3-7-18(10)14-16-8-11(19(20)21)13(15)17-14/h5-6,8,10H,2-4,7H2,1H3,(H2,15,16,17). The maximum Gasteiger partial charge on any atom is 0.329 e. The summed E-state index contributed by atoms with van der Waals surface area (Å²) in [7, 11) is 0. The molecule has 2 aromatic heterocycles. The van der Waals surface area contributed by atoms with E-state index in [-0.39, 0.29) is 17.5 Å². The van der Waals surface area contributed by atoms with Crippen LogP contribution in [-0.2, 0) is 6.42 Å². The third-order valence-corrected chi connectivity index (χ3v) is 3.85. The lowest BCUT2D eigenvalue weighted by molar-refractivity contribution is -0.384. The lowest BCUT2D eigenvalue weighted by Gasteiger charge is -2.22. The number of nitrogen functional groups attached to an aromatic ring is 1. The van der Waals surface area contributed by atoms with Gasteiger partial charge in [0, 0.05) is 13.0 Å². The minimum Gasteiger partial charge on any atom is -0.464 e. The molecule has 0 radical (unpaired) electrons. The summed E-state index contributed by atoms with van der Waals surface area (Å²) in [6.07, 6.45) is 3.91. The highest BCUT2D eigenvalue weighted by atomic mass is 16.6. The zero-order valence-corrected chi connectivity index (χ0v) is 12.2. The average molecular weight is 303 g/mol. The molecule has 22 heavy (non-hydrogen) atoms. The van der Waals surface area contributed by atoms with Crippen LogP contribution >= 0.6 is 0 Å². The first kappa shape index (κ1) is 14.3. The van der Waals surface area contributed by atoms with Crippen LogP contribution in [0, 0.1) is 10.1 Å². The van der Waals surface area contributed by atoms with Crippen LogP contribution in [0.1, 0.15) is 37.3 Å². The van der Waals surface area contributed by atoms with Gasteiger partial charge < -0.3 is 15.1 Å². The molecule has 1 saturated heterocycles. The molecule has 116 valence electrons. The van der Waals surface area contributed by atoms with Gasteiger partial charge in [-0.2, -0.15) is 4.98 Å². The fraction of sp³-hybridized carbons (Fsp3) is 0.429. The molecule has 0 spiro atoms. The molecule has 8 heteroatoms. The minimum absolute atomic E-state index is 0.0427. The third-order valence-electron chi connectivity index (χ3n) is 3.85. The van der Waals surface area contributed by atoms with Gasteiger partial charge in [-0.15, -0.1) is 0 Å². The molecule has 0 amide bonds. The molecule has 1 atom stereocenters. The zero-order chi connectivity index (χ0) is 15.7. The predicted molar refractivity (Wildman–Crippen MR) is 80.5 cm³/mol. The molecule has 3 rings (SSSR count). The average Bonchev–Trinajstić information content (AvgIpc) is 3.15. The number of nitro groups is 1. The number of nitrogens with zero attached hydrogens (tertiary/aromatic N) is 4. The SMILES string of the molecule is CCc1ccc(C2CCCN2c2ncc([N+](=O)[O-])c(N)n2)o1. The predicted octanol–water partition coefficient (Wildman–Crippen LogP) is 2.46. The van der Waals surface area contributed by atoms with Crippen LogP contribution in [0.15, 0.2) is 22.7 Å². The van der Waals surface area contributed by atoms with Crippen molar-refractivity contribution in [2.75, 3.05) is 17.2 Å². The van der Waals surface area contributed by atoms with E-state index in [0.29, 0.717) is 5.95 Å². The van der Waals surface area contributed by atoms with Gasteiger partial charge in [0.05, 0.1) is 11.0 Å². The summed E-state index contributed by atoms with van der Waals surface area (Å²) in [4.78, 5) is 20.4. The summed E-state index contributed by atoms with van der Waals surface area (Å²) in [5.74, 6) is 2.09. The van der Waals surface area contributed by atoms with Gasteiger partial charge in [0.15, 0.2) is 0 Å². The highest BCUT2D eigenvalue weighted by Gasteiger charge is 2.31. The van der Waals surface area contributed by atoms with Crippen molar-refractivity contribution in [1.29, 1.82) is 0 Å². The van der Waals surface area contributed by atoms with Gasteiger partial charge in [-0.3, -0.25) is 10.1 Å². The molecule has 1 fully saturated rings. The van der Waals surface area contributed by atoms with Gasteiger partial charge in [0.2, 0.25) is 11.8 Å². The van der Waals surface area contributed by atoms with Gasteiger partial charge in [-0.05, 0) is 25.0 Å². The van der Waals surface area contributed by atoms with E-state index in [1.807, 2.05) is 24.0 Å². The van der Waals surface area contributed by atoms with Gasteiger partial charge >= 0.3 is 5.69 Å². The summed E-state index contributed by atoms with van der Waals surface area (Å²) in [5.41, 5.74) is 5.38. The summed E-state index contributed by atoms with van der Waals surface area (Å²) < 4.78 is 5.82. The number of aromatic nitrogens is 2. The Morgan fingerprint density at radius 2 is 2.36 bits per heavy atom. The Hall–Kier alpha value is -2.64. The molecule has 2 aromatic rings. The number of aryl methyl sites for hydroxylation is 1. The van der Waals surface area contributed by atoms with E-state index in [4.69, 9.17) is 10.2 Å². The Balaban J connectivity index is 1.89. The second kappa shape index (κ2) is 5.63. The van der Waals surface area contributed by atoms with Crippen LogP contribution < -0.4 is 10.6 Å². The van der Waals surface area contributed by atoms with Crippen molar-refractivity contribution in [1.82, 2.24) is 9.97 Å². The lowest BCUT2D eigenvalue weighted by Crippen LogP contribution is -2.24. The van der Waals surface area contributed by atoms with Crippen molar-refractivity contribution >= 4 is 17.5 Å². The topological polar surface area (TPSA) is 111 Å². The van der Waals surface area contributed by atoms with Gasteiger partial charge in [0.25, 0.3) is 0 Å². The lowest BCUT2D eigenvalue weighted by atomic mass is 10.2. The quantitative estimate of drug-likeness (QED) is 0.682. The molecule has 1 aliphatic heterocycles. The van der Waals surface area contributed by atoms with E-state index in [1.165, 1.54) is 0 Å². The normalized spacial score (nSPS) is 17.9. The van der Waals surface area contributed by atoms with Crippen molar-refractivity contribution in [3.8, 4) is 0 Å². The van der Waals surface area contributed by atoms with E-state index in [2.05, 4.69) is 9.97 Å². The smallest absolute Gasteiger partial charge is 0.329 e.